The maximum atomic E-state index is 12.8. The molecule has 0 atom stereocenters. The highest BCUT2D eigenvalue weighted by Gasteiger charge is 2.35. The van der Waals surface area contributed by atoms with Crippen LogP contribution in [0.1, 0.15) is 16.7 Å². The highest BCUT2D eigenvalue weighted by atomic mass is 79.9. The molecule has 3 rings (SSSR count). The van der Waals surface area contributed by atoms with E-state index in [0.717, 1.165) is 22.9 Å². The van der Waals surface area contributed by atoms with Gasteiger partial charge in [-0.25, -0.2) is 0 Å². The van der Waals surface area contributed by atoms with Gasteiger partial charge >= 0.3 is 0 Å². The van der Waals surface area contributed by atoms with Crippen LogP contribution in [0.2, 0.25) is 0 Å². The van der Waals surface area contributed by atoms with Gasteiger partial charge in [0.15, 0.2) is 11.5 Å². The number of benzene rings is 2. The van der Waals surface area contributed by atoms with Gasteiger partial charge in [-0.3, -0.25) is 14.5 Å². The minimum atomic E-state index is -0.316. The fraction of sp³-hybridized carbons (Fsp3) is 0.182. The predicted octanol–water partition coefficient (Wildman–Crippen LogP) is 5.01. The average molecular weight is 472 g/mol. The predicted molar refractivity (Wildman–Crippen MR) is 118 cm³/mol. The lowest BCUT2D eigenvalue weighted by molar-refractivity contribution is -0.123. The first-order valence-corrected chi connectivity index (χ1v) is 10.3. The number of terminal acetylenes is 1. The van der Waals surface area contributed by atoms with Gasteiger partial charge in [0, 0.05) is 0 Å². The van der Waals surface area contributed by atoms with Gasteiger partial charge in [-0.1, -0.05) is 35.7 Å². The normalized spacial score (nSPS) is 15.0. The van der Waals surface area contributed by atoms with Crippen molar-refractivity contribution in [3.8, 4) is 23.8 Å². The lowest BCUT2D eigenvalue weighted by Crippen LogP contribution is -2.27. The van der Waals surface area contributed by atoms with Crippen LogP contribution in [0.15, 0.2) is 45.8 Å². The lowest BCUT2D eigenvalue weighted by Gasteiger charge is -2.13. The van der Waals surface area contributed by atoms with Crippen LogP contribution >= 0.6 is 27.7 Å². The molecule has 148 valence electrons. The number of hydrogen-bond donors (Lipinski definition) is 0. The van der Waals surface area contributed by atoms with Crippen LogP contribution in [-0.2, 0) is 11.3 Å². The van der Waals surface area contributed by atoms with Crippen LogP contribution in [0.5, 0.6) is 11.5 Å². The van der Waals surface area contributed by atoms with Crippen molar-refractivity contribution < 1.29 is 19.1 Å². The number of methoxy groups -OCH3 is 1. The number of carbonyl (C=O) groups is 2. The Kier molecular flexibility index (Phi) is 6.68. The van der Waals surface area contributed by atoms with E-state index in [4.69, 9.17) is 15.9 Å². The third-order valence-corrected chi connectivity index (χ3v) is 5.68. The zero-order valence-corrected chi connectivity index (χ0v) is 18.3. The summed E-state index contributed by atoms with van der Waals surface area (Å²) in [6.07, 6.45) is 6.91. The monoisotopic (exact) mass is 471 g/mol. The van der Waals surface area contributed by atoms with Crippen LogP contribution in [0.3, 0.4) is 0 Å². The van der Waals surface area contributed by atoms with Gasteiger partial charge in [0.25, 0.3) is 11.1 Å². The highest BCUT2D eigenvalue weighted by Crippen LogP contribution is 2.39. The van der Waals surface area contributed by atoms with Gasteiger partial charge in [0.2, 0.25) is 0 Å². The van der Waals surface area contributed by atoms with Crippen LogP contribution in [-0.4, -0.2) is 29.8 Å². The molecule has 1 fully saturated rings. The Morgan fingerprint density at radius 1 is 1.24 bits per heavy atom. The fourth-order valence-electron chi connectivity index (χ4n) is 2.74. The molecule has 0 N–H and O–H groups in total. The maximum Gasteiger partial charge on any atom is 0.293 e. The number of carbonyl (C=O) groups excluding carboxylic acids is 2. The SMILES string of the molecule is C#CCOc1c(Br)cc(/C=C2\SC(=O)N(Cc3ccc(C)cc3)C2=O)cc1OC. The molecule has 7 heteroatoms. The molecule has 0 aliphatic carbocycles. The number of rotatable bonds is 6. The minimum absolute atomic E-state index is 0.103. The number of thioether (sulfide) groups is 1. The summed E-state index contributed by atoms with van der Waals surface area (Å²) in [5.41, 5.74) is 2.72. The standard InChI is InChI=1S/C22H18BrNO4S/c1-4-9-28-20-17(23)10-16(11-18(20)27-3)12-19-21(25)24(22(26)29-19)13-15-7-5-14(2)6-8-15/h1,5-8,10-12H,9,13H2,2-3H3/b19-12-. The minimum Gasteiger partial charge on any atom is -0.493 e. The number of ether oxygens (including phenoxy) is 2. The van der Waals surface area contributed by atoms with E-state index in [9.17, 15) is 9.59 Å². The smallest absolute Gasteiger partial charge is 0.293 e. The fourth-order valence-corrected chi connectivity index (χ4v) is 4.15. The van der Waals surface area contributed by atoms with E-state index in [0.29, 0.717) is 26.4 Å². The Hall–Kier alpha value is -2.69. The van der Waals surface area contributed by atoms with Crippen LogP contribution in [0.4, 0.5) is 4.79 Å². The van der Waals surface area contributed by atoms with Crippen LogP contribution in [0.25, 0.3) is 6.08 Å². The molecule has 1 aliphatic heterocycles. The summed E-state index contributed by atoms with van der Waals surface area (Å²) in [5.74, 6) is 3.04. The summed E-state index contributed by atoms with van der Waals surface area (Å²) >= 11 is 4.36. The Bertz CT molecular complexity index is 1020. The van der Waals surface area contributed by atoms with Crippen molar-refractivity contribution in [2.75, 3.05) is 13.7 Å². The molecule has 0 spiro atoms. The molecule has 1 saturated heterocycles. The van der Waals surface area contributed by atoms with E-state index in [1.54, 1.807) is 18.2 Å². The van der Waals surface area contributed by atoms with Crippen molar-refractivity contribution in [3.63, 3.8) is 0 Å². The molecular weight excluding hydrogens is 454 g/mol. The molecule has 0 aromatic heterocycles. The summed E-state index contributed by atoms with van der Waals surface area (Å²) in [5, 5.41) is -0.290. The molecule has 5 nitrogen and oxygen atoms in total. The Morgan fingerprint density at radius 2 is 1.97 bits per heavy atom. The molecule has 29 heavy (non-hydrogen) atoms. The number of halogens is 1. The maximum absolute atomic E-state index is 12.8. The molecule has 2 aromatic carbocycles. The number of hydrogen-bond acceptors (Lipinski definition) is 5. The van der Waals surface area contributed by atoms with E-state index in [-0.39, 0.29) is 24.3 Å². The first-order valence-electron chi connectivity index (χ1n) is 8.67. The summed E-state index contributed by atoms with van der Waals surface area (Å²) in [7, 11) is 1.52. The van der Waals surface area contributed by atoms with E-state index >= 15 is 0 Å². The van der Waals surface area contributed by atoms with Crippen molar-refractivity contribution in [1.29, 1.82) is 0 Å². The molecule has 2 aromatic rings. The third kappa shape index (κ3) is 4.84. The van der Waals surface area contributed by atoms with Crippen molar-refractivity contribution in [1.82, 2.24) is 4.90 Å². The van der Waals surface area contributed by atoms with Crippen molar-refractivity contribution in [3.05, 3.63) is 62.5 Å². The molecule has 0 radical (unpaired) electrons. The topological polar surface area (TPSA) is 55.8 Å². The van der Waals surface area contributed by atoms with Gasteiger partial charge in [-0.05, 0) is 64.0 Å². The first-order chi connectivity index (χ1) is 13.9. The Labute approximate surface area is 182 Å². The van der Waals surface area contributed by atoms with Crippen molar-refractivity contribution in [2.45, 2.75) is 13.5 Å². The van der Waals surface area contributed by atoms with E-state index < -0.39 is 0 Å². The quantitative estimate of drug-likeness (QED) is 0.437. The second-order valence-corrected chi connectivity index (χ2v) is 8.13. The van der Waals surface area contributed by atoms with Crippen molar-refractivity contribution in [2.24, 2.45) is 0 Å². The van der Waals surface area contributed by atoms with Crippen LogP contribution < -0.4 is 9.47 Å². The van der Waals surface area contributed by atoms with Crippen LogP contribution in [0, 0.1) is 19.3 Å². The molecule has 0 unspecified atom stereocenters. The second-order valence-electron chi connectivity index (χ2n) is 6.28. The number of imide groups is 1. The molecule has 0 saturated carbocycles. The van der Waals surface area contributed by atoms with Gasteiger partial charge in [-0.15, -0.1) is 6.42 Å². The summed E-state index contributed by atoms with van der Waals surface area (Å²) < 4.78 is 11.5. The number of aryl methyl sites for hydroxylation is 1. The molecule has 2 amide bonds. The summed E-state index contributed by atoms with van der Waals surface area (Å²) in [6, 6.07) is 11.3. The lowest BCUT2D eigenvalue weighted by atomic mass is 10.1. The Balaban J connectivity index is 1.84. The second kappa shape index (κ2) is 9.21. The van der Waals surface area contributed by atoms with E-state index in [1.165, 1.54) is 12.0 Å². The van der Waals surface area contributed by atoms with Gasteiger partial charge in [-0.2, -0.15) is 0 Å². The first kappa shape index (κ1) is 21.0. The highest BCUT2D eigenvalue weighted by molar-refractivity contribution is 9.10. The largest absolute Gasteiger partial charge is 0.493 e. The van der Waals surface area contributed by atoms with Gasteiger partial charge in [0.1, 0.15) is 6.61 Å². The van der Waals surface area contributed by atoms with E-state index in [1.807, 2.05) is 31.2 Å². The zero-order valence-electron chi connectivity index (χ0n) is 15.9. The van der Waals surface area contributed by atoms with Crippen molar-refractivity contribution >= 4 is 44.9 Å². The molecule has 1 aliphatic rings. The molecule has 0 bridgehead atoms. The zero-order chi connectivity index (χ0) is 21.0. The Morgan fingerprint density at radius 3 is 2.62 bits per heavy atom. The third-order valence-electron chi connectivity index (χ3n) is 4.18. The average Bonchev–Trinajstić information content (AvgIpc) is 2.95. The summed E-state index contributed by atoms with van der Waals surface area (Å²) in [6.45, 7) is 2.34. The number of nitrogens with zero attached hydrogens (tertiary/aromatic N) is 1. The van der Waals surface area contributed by atoms with E-state index in [2.05, 4.69) is 21.9 Å². The van der Waals surface area contributed by atoms with Gasteiger partial charge < -0.3 is 9.47 Å². The van der Waals surface area contributed by atoms with Gasteiger partial charge in [0.05, 0.1) is 23.0 Å². The number of amides is 2. The molecular formula is C22H18BrNO4S. The molecule has 1 heterocycles. The summed E-state index contributed by atoms with van der Waals surface area (Å²) in [4.78, 5) is 26.7.